The molecule has 1 atom stereocenters. The highest BCUT2D eigenvalue weighted by Crippen LogP contribution is 2.38. The first-order valence-electron chi connectivity index (χ1n) is 8.01. The van der Waals surface area contributed by atoms with Crippen LogP contribution in [0.5, 0.6) is 0 Å². The standard InChI is InChI=1S/C16H30N2O/c1-4-18-10-9-17(11-15(18)3)12-16(13-19)7-5-14(2)6-8-16/h13-15H,4-12H2,1-3H3. The molecule has 1 saturated carbocycles. The van der Waals surface area contributed by atoms with Gasteiger partial charge in [0.1, 0.15) is 6.29 Å². The second kappa shape index (κ2) is 6.36. The molecule has 0 radical (unpaired) electrons. The summed E-state index contributed by atoms with van der Waals surface area (Å²) in [6, 6.07) is 0.630. The van der Waals surface area contributed by atoms with Gasteiger partial charge in [0.05, 0.1) is 0 Å². The van der Waals surface area contributed by atoms with Crippen LogP contribution in [0.1, 0.15) is 46.5 Å². The second-order valence-corrected chi connectivity index (χ2v) is 6.88. The van der Waals surface area contributed by atoms with Crippen LogP contribution in [0, 0.1) is 11.3 Å². The van der Waals surface area contributed by atoms with Crippen molar-refractivity contribution < 1.29 is 4.79 Å². The predicted molar refractivity (Wildman–Crippen MR) is 79.3 cm³/mol. The van der Waals surface area contributed by atoms with Crippen LogP contribution in [-0.2, 0) is 4.79 Å². The Morgan fingerprint density at radius 2 is 1.89 bits per heavy atom. The lowest BCUT2D eigenvalue weighted by atomic mass is 9.71. The molecule has 0 aromatic heterocycles. The van der Waals surface area contributed by atoms with Gasteiger partial charge in [-0.2, -0.15) is 0 Å². The number of hydrogen-bond donors (Lipinski definition) is 0. The highest BCUT2D eigenvalue weighted by Gasteiger charge is 2.37. The molecule has 0 bridgehead atoms. The summed E-state index contributed by atoms with van der Waals surface area (Å²) in [4.78, 5) is 16.7. The fourth-order valence-corrected chi connectivity index (χ4v) is 3.78. The van der Waals surface area contributed by atoms with E-state index >= 15 is 0 Å². The van der Waals surface area contributed by atoms with E-state index in [1.165, 1.54) is 19.1 Å². The zero-order chi connectivity index (χ0) is 13.9. The summed E-state index contributed by atoms with van der Waals surface area (Å²) >= 11 is 0. The van der Waals surface area contributed by atoms with Gasteiger partial charge in [-0.05, 0) is 45.1 Å². The Balaban J connectivity index is 1.91. The Bertz CT molecular complexity index is 297. The lowest BCUT2D eigenvalue weighted by molar-refractivity contribution is -0.120. The summed E-state index contributed by atoms with van der Waals surface area (Å²) < 4.78 is 0. The minimum absolute atomic E-state index is 0.0411. The van der Waals surface area contributed by atoms with E-state index < -0.39 is 0 Å². The predicted octanol–water partition coefficient (Wildman–Crippen LogP) is 2.41. The van der Waals surface area contributed by atoms with E-state index in [9.17, 15) is 4.79 Å². The molecule has 1 saturated heterocycles. The lowest BCUT2D eigenvalue weighted by Crippen LogP contribution is -2.54. The summed E-state index contributed by atoms with van der Waals surface area (Å²) in [6.07, 6.45) is 5.92. The summed E-state index contributed by atoms with van der Waals surface area (Å²) in [5, 5.41) is 0. The average Bonchev–Trinajstić information content (AvgIpc) is 2.42. The van der Waals surface area contributed by atoms with Crippen molar-refractivity contribution in [3.05, 3.63) is 0 Å². The van der Waals surface area contributed by atoms with Crippen LogP contribution < -0.4 is 0 Å². The van der Waals surface area contributed by atoms with Gasteiger partial charge in [-0.25, -0.2) is 0 Å². The minimum Gasteiger partial charge on any atom is -0.303 e. The number of hydrogen-bond acceptors (Lipinski definition) is 3. The Morgan fingerprint density at radius 3 is 2.42 bits per heavy atom. The number of rotatable bonds is 4. The van der Waals surface area contributed by atoms with Crippen molar-refractivity contribution in [3.8, 4) is 0 Å². The van der Waals surface area contributed by atoms with Gasteiger partial charge in [0.25, 0.3) is 0 Å². The maximum absolute atomic E-state index is 11.6. The largest absolute Gasteiger partial charge is 0.303 e. The molecule has 2 aliphatic rings. The van der Waals surface area contributed by atoms with E-state index in [1.54, 1.807) is 0 Å². The van der Waals surface area contributed by atoms with Gasteiger partial charge < -0.3 is 4.79 Å². The van der Waals surface area contributed by atoms with Crippen molar-refractivity contribution in [2.75, 3.05) is 32.7 Å². The second-order valence-electron chi connectivity index (χ2n) is 6.88. The third kappa shape index (κ3) is 3.57. The van der Waals surface area contributed by atoms with E-state index in [4.69, 9.17) is 0 Å². The van der Waals surface area contributed by atoms with Gasteiger partial charge in [0.15, 0.2) is 0 Å². The molecule has 110 valence electrons. The van der Waals surface area contributed by atoms with E-state index in [1.807, 2.05) is 0 Å². The minimum atomic E-state index is -0.0411. The fraction of sp³-hybridized carbons (Fsp3) is 0.938. The van der Waals surface area contributed by atoms with Crippen LogP contribution in [0.25, 0.3) is 0 Å². The number of nitrogens with zero attached hydrogens (tertiary/aromatic N) is 2. The number of aldehydes is 1. The zero-order valence-electron chi connectivity index (χ0n) is 12.9. The van der Waals surface area contributed by atoms with Gasteiger partial charge in [0, 0.05) is 37.6 Å². The van der Waals surface area contributed by atoms with E-state index in [2.05, 4.69) is 30.6 Å². The van der Waals surface area contributed by atoms with Crippen LogP contribution >= 0.6 is 0 Å². The Morgan fingerprint density at radius 1 is 1.21 bits per heavy atom. The van der Waals surface area contributed by atoms with Gasteiger partial charge in [-0.15, -0.1) is 0 Å². The van der Waals surface area contributed by atoms with Crippen LogP contribution in [0.4, 0.5) is 0 Å². The maximum Gasteiger partial charge on any atom is 0.127 e. The van der Waals surface area contributed by atoms with Crippen molar-refractivity contribution in [2.45, 2.75) is 52.5 Å². The molecule has 1 aliphatic carbocycles. The number of likely N-dealkylation sites (N-methyl/N-ethyl adjacent to an activating group) is 1. The van der Waals surface area contributed by atoms with Gasteiger partial charge in [-0.3, -0.25) is 9.80 Å². The van der Waals surface area contributed by atoms with Crippen LogP contribution in [-0.4, -0.2) is 54.9 Å². The first-order valence-corrected chi connectivity index (χ1v) is 8.01. The van der Waals surface area contributed by atoms with Crippen LogP contribution in [0.3, 0.4) is 0 Å². The molecule has 19 heavy (non-hydrogen) atoms. The van der Waals surface area contributed by atoms with E-state index in [-0.39, 0.29) is 5.41 Å². The SMILES string of the molecule is CCN1CCN(CC2(C=O)CCC(C)CC2)CC1C. The highest BCUT2D eigenvalue weighted by molar-refractivity contribution is 5.60. The molecule has 1 heterocycles. The number of carbonyl (C=O) groups is 1. The Labute approximate surface area is 118 Å². The molecule has 3 heteroatoms. The molecule has 2 rings (SSSR count). The summed E-state index contributed by atoms with van der Waals surface area (Å²) in [5.41, 5.74) is -0.0411. The summed E-state index contributed by atoms with van der Waals surface area (Å²) in [6.45, 7) is 12.4. The highest BCUT2D eigenvalue weighted by atomic mass is 16.1. The van der Waals surface area contributed by atoms with E-state index in [0.717, 1.165) is 51.5 Å². The zero-order valence-corrected chi connectivity index (χ0v) is 12.9. The number of carbonyl (C=O) groups excluding carboxylic acids is 1. The van der Waals surface area contributed by atoms with Gasteiger partial charge in [0.2, 0.25) is 0 Å². The van der Waals surface area contributed by atoms with Gasteiger partial charge >= 0.3 is 0 Å². The normalized spacial score (nSPS) is 38.3. The van der Waals surface area contributed by atoms with Crippen molar-refractivity contribution in [1.29, 1.82) is 0 Å². The van der Waals surface area contributed by atoms with Crippen LogP contribution in [0.2, 0.25) is 0 Å². The van der Waals surface area contributed by atoms with Crippen LogP contribution in [0.15, 0.2) is 0 Å². The van der Waals surface area contributed by atoms with Crippen molar-refractivity contribution in [3.63, 3.8) is 0 Å². The fourth-order valence-electron chi connectivity index (χ4n) is 3.78. The number of piperazine rings is 1. The van der Waals surface area contributed by atoms with Crippen molar-refractivity contribution in [2.24, 2.45) is 11.3 Å². The van der Waals surface area contributed by atoms with Crippen molar-refractivity contribution in [1.82, 2.24) is 9.80 Å². The molecular weight excluding hydrogens is 236 g/mol. The third-order valence-electron chi connectivity index (χ3n) is 5.31. The first kappa shape index (κ1) is 15.0. The molecule has 0 aromatic carbocycles. The van der Waals surface area contributed by atoms with Crippen molar-refractivity contribution >= 4 is 6.29 Å². The molecule has 2 fully saturated rings. The molecule has 0 N–H and O–H groups in total. The summed E-state index contributed by atoms with van der Waals surface area (Å²) in [5.74, 6) is 0.809. The molecule has 3 nitrogen and oxygen atoms in total. The molecule has 1 unspecified atom stereocenters. The molecular formula is C16H30N2O. The first-order chi connectivity index (χ1) is 9.08. The summed E-state index contributed by atoms with van der Waals surface area (Å²) in [7, 11) is 0. The Kier molecular flexibility index (Phi) is 5.02. The Hall–Kier alpha value is -0.410. The average molecular weight is 266 g/mol. The molecule has 0 spiro atoms. The molecule has 0 amide bonds. The topological polar surface area (TPSA) is 23.6 Å². The molecule has 1 aliphatic heterocycles. The monoisotopic (exact) mass is 266 g/mol. The maximum atomic E-state index is 11.6. The quantitative estimate of drug-likeness (QED) is 0.730. The van der Waals surface area contributed by atoms with E-state index in [0.29, 0.717) is 6.04 Å². The third-order valence-corrected chi connectivity index (χ3v) is 5.31. The lowest BCUT2D eigenvalue weighted by Gasteiger charge is -2.44. The molecule has 0 aromatic rings. The smallest absolute Gasteiger partial charge is 0.127 e. The van der Waals surface area contributed by atoms with Gasteiger partial charge in [-0.1, -0.05) is 13.8 Å².